The lowest BCUT2D eigenvalue weighted by molar-refractivity contribution is 0.0992. The van der Waals surface area contributed by atoms with Crippen LogP contribution in [0.5, 0.6) is 0 Å². The first-order valence-corrected chi connectivity index (χ1v) is 7.18. The van der Waals surface area contributed by atoms with E-state index < -0.39 is 0 Å². The summed E-state index contributed by atoms with van der Waals surface area (Å²) in [5.74, 6) is 0.128. The number of aryl methyl sites for hydroxylation is 1. The Kier molecular flexibility index (Phi) is 4.36. The van der Waals surface area contributed by atoms with Crippen molar-refractivity contribution >= 4 is 37.6 Å². The molecular formula is C15H12Br2O. The minimum atomic E-state index is 0.128. The predicted molar refractivity (Wildman–Crippen MR) is 81.1 cm³/mol. The van der Waals surface area contributed by atoms with Crippen LogP contribution < -0.4 is 0 Å². The molecule has 0 aromatic heterocycles. The molecule has 0 heterocycles. The Morgan fingerprint density at radius 3 is 2.61 bits per heavy atom. The molecule has 18 heavy (non-hydrogen) atoms. The van der Waals surface area contributed by atoms with E-state index in [2.05, 4.69) is 31.9 Å². The van der Waals surface area contributed by atoms with E-state index in [4.69, 9.17) is 0 Å². The normalized spacial score (nSPS) is 10.4. The summed E-state index contributed by atoms with van der Waals surface area (Å²) in [7, 11) is 0. The molecule has 92 valence electrons. The van der Waals surface area contributed by atoms with E-state index >= 15 is 0 Å². The highest BCUT2D eigenvalue weighted by Crippen LogP contribution is 2.21. The maximum Gasteiger partial charge on any atom is 0.168 e. The fourth-order valence-corrected chi connectivity index (χ4v) is 2.69. The Labute approximate surface area is 123 Å². The van der Waals surface area contributed by atoms with E-state index in [1.165, 1.54) is 0 Å². The van der Waals surface area contributed by atoms with Gasteiger partial charge in [-0.25, -0.2) is 0 Å². The summed E-state index contributed by atoms with van der Waals surface area (Å²) in [6.07, 6.45) is 0.418. The van der Waals surface area contributed by atoms with Gasteiger partial charge in [-0.05, 0) is 36.8 Å². The summed E-state index contributed by atoms with van der Waals surface area (Å²) in [6.45, 7) is 1.99. The quantitative estimate of drug-likeness (QED) is 0.701. The molecule has 0 saturated carbocycles. The minimum Gasteiger partial charge on any atom is -0.294 e. The average molecular weight is 368 g/mol. The molecule has 3 heteroatoms. The number of ketones is 1. The molecule has 0 aliphatic rings. The van der Waals surface area contributed by atoms with Crippen LogP contribution in [0.2, 0.25) is 0 Å². The zero-order chi connectivity index (χ0) is 13.1. The van der Waals surface area contributed by atoms with Crippen LogP contribution in [0.3, 0.4) is 0 Å². The van der Waals surface area contributed by atoms with Crippen molar-refractivity contribution in [1.29, 1.82) is 0 Å². The van der Waals surface area contributed by atoms with Gasteiger partial charge in [0.25, 0.3) is 0 Å². The molecule has 0 radical (unpaired) electrons. The van der Waals surface area contributed by atoms with Crippen LogP contribution in [0, 0.1) is 6.92 Å². The van der Waals surface area contributed by atoms with Gasteiger partial charge in [-0.3, -0.25) is 4.79 Å². The van der Waals surface area contributed by atoms with Crippen LogP contribution in [0.25, 0.3) is 0 Å². The van der Waals surface area contributed by atoms with Gasteiger partial charge < -0.3 is 0 Å². The third-order valence-electron chi connectivity index (χ3n) is 2.68. The number of Topliss-reactive ketones (excluding diaryl/α,β-unsaturated/α-hetero) is 1. The first-order valence-electron chi connectivity index (χ1n) is 5.60. The third-order valence-corrected chi connectivity index (χ3v) is 3.86. The number of rotatable bonds is 3. The van der Waals surface area contributed by atoms with Gasteiger partial charge in [0, 0.05) is 20.9 Å². The van der Waals surface area contributed by atoms with Crippen molar-refractivity contribution in [2.75, 3.05) is 0 Å². The number of carbonyl (C=O) groups excluding carboxylic acids is 1. The van der Waals surface area contributed by atoms with Gasteiger partial charge in [-0.2, -0.15) is 0 Å². The lowest BCUT2D eigenvalue weighted by atomic mass is 10.0. The van der Waals surface area contributed by atoms with Gasteiger partial charge in [0.2, 0.25) is 0 Å². The Balaban J connectivity index is 2.24. The summed E-state index contributed by atoms with van der Waals surface area (Å²) >= 11 is 6.84. The maximum atomic E-state index is 12.3. The summed E-state index contributed by atoms with van der Waals surface area (Å²) in [6, 6.07) is 13.7. The Hall–Kier alpha value is -0.930. The summed E-state index contributed by atoms with van der Waals surface area (Å²) in [5, 5.41) is 0. The van der Waals surface area contributed by atoms with Crippen molar-refractivity contribution in [2.24, 2.45) is 0 Å². The molecule has 0 atom stereocenters. The first kappa shape index (κ1) is 13.5. The zero-order valence-corrected chi connectivity index (χ0v) is 13.1. The fraction of sp³-hybridized carbons (Fsp3) is 0.133. The summed E-state index contributed by atoms with van der Waals surface area (Å²) in [5.41, 5.74) is 2.86. The molecule has 0 aliphatic heterocycles. The molecule has 0 unspecified atom stereocenters. The SMILES string of the molecule is Cc1ccc(Br)c(C(=O)Cc2cccc(Br)c2)c1. The number of halogens is 2. The van der Waals surface area contributed by atoms with Crippen molar-refractivity contribution in [3.63, 3.8) is 0 Å². The lowest BCUT2D eigenvalue weighted by Gasteiger charge is -2.05. The van der Waals surface area contributed by atoms with Crippen molar-refractivity contribution < 1.29 is 4.79 Å². The van der Waals surface area contributed by atoms with Crippen LogP contribution in [-0.4, -0.2) is 5.78 Å². The van der Waals surface area contributed by atoms with Gasteiger partial charge in [-0.15, -0.1) is 0 Å². The van der Waals surface area contributed by atoms with Gasteiger partial charge in [-0.1, -0.05) is 55.6 Å². The van der Waals surface area contributed by atoms with Crippen LogP contribution in [0.15, 0.2) is 51.4 Å². The highest BCUT2D eigenvalue weighted by atomic mass is 79.9. The smallest absolute Gasteiger partial charge is 0.168 e. The van der Waals surface area contributed by atoms with Gasteiger partial charge in [0.05, 0.1) is 0 Å². The second-order valence-corrected chi connectivity index (χ2v) is 5.98. The topological polar surface area (TPSA) is 17.1 Å². The number of hydrogen-bond acceptors (Lipinski definition) is 1. The van der Waals surface area contributed by atoms with Crippen molar-refractivity contribution in [2.45, 2.75) is 13.3 Å². The molecule has 0 saturated heterocycles. The molecule has 0 N–H and O–H groups in total. The molecule has 2 aromatic rings. The molecular weight excluding hydrogens is 356 g/mol. The van der Waals surface area contributed by atoms with E-state index in [1.54, 1.807) is 0 Å². The Bertz CT molecular complexity index is 591. The largest absolute Gasteiger partial charge is 0.294 e. The number of carbonyl (C=O) groups is 1. The standard InChI is InChI=1S/C15H12Br2O/c1-10-5-6-14(17)13(7-10)15(18)9-11-3-2-4-12(16)8-11/h2-8H,9H2,1H3. The van der Waals surface area contributed by atoms with Crippen molar-refractivity contribution in [3.8, 4) is 0 Å². The van der Waals surface area contributed by atoms with Crippen LogP contribution in [0.4, 0.5) is 0 Å². The predicted octanol–water partition coefficient (Wildman–Crippen LogP) is 4.95. The van der Waals surface area contributed by atoms with Crippen molar-refractivity contribution in [3.05, 3.63) is 68.1 Å². The summed E-state index contributed by atoms with van der Waals surface area (Å²) in [4.78, 5) is 12.3. The second kappa shape index (κ2) is 5.81. The number of benzene rings is 2. The fourth-order valence-electron chi connectivity index (χ4n) is 1.78. The minimum absolute atomic E-state index is 0.128. The zero-order valence-electron chi connectivity index (χ0n) is 9.91. The molecule has 1 nitrogen and oxygen atoms in total. The molecule has 0 amide bonds. The number of hydrogen-bond donors (Lipinski definition) is 0. The van der Waals surface area contributed by atoms with Crippen LogP contribution in [-0.2, 0) is 6.42 Å². The van der Waals surface area contributed by atoms with Gasteiger partial charge in [0.1, 0.15) is 0 Å². The van der Waals surface area contributed by atoms with E-state index in [0.717, 1.165) is 25.6 Å². The Morgan fingerprint density at radius 2 is 1.89 bits per heavy atom. The monoisotopic (exact) mass is 366 g/mol. The van der Waals surface area contributed by atoms with Crippen LogP contribution >= 0.6 is 31.9 Å². The molecule has 2 aromatic carbocycles. The van der Waals surface area contributed by atoms with Gasteiger partial charge in [0.15, 0.2) is 5.78 Å². The Morgan fingerprint density at radius 1 is 1.11 bits per heavy atom. The van der Waals surface area contributed by atoms with Crippen LogP contribution in [0.1, 0.15) is 21.5 Å². The second-order valence-electron chi connectivity index (χ2n) is 4.21. The van der Waals surface area contributed by atoms with E-state index in [-0.39, 0.29) is 5.78 Å². The lowest BCUT2D eigenvalue weighted by Crippen LogP contribution is -2.04. The molecule has 2 rings (SSSR count). The molecule has 0 fully saturated rings. The molecule has 0 spiro atoms. The van der Waals surface area contributed by atoms with Crippen molar-refractivity contribution in [1.82, 2.24) is 0 Å². The van der Waals surface area contributed by atoms with Gasteiger partial charge >= 0.3 is 0 Å². The summed E-state index contributed by atoms with van der Waals surface area (Å²) < 4.78 is 1.85. The van der Waals surface area contributed by atoms with E-state index in [9.17, 15) is 4.79 Å². The van der Waals surface area contributed by atoms with E-state index in [0.29, 0.717) is 6.42 Å². The average Bonchev–Trinajstić information content (AvgIpc) is 2.32. The maximum absolute atomic E-state index is 12.3. The first-order chi connectivity index (χ1) is 8.56. The highest BCUT2D eigenvalue weighted by Gasteiger charge is 2.11. The van der Waals surface area contributed by atoms with E-state index in [1.807, 2.05) is 49.4 Å². The molecule has 0 bridgehead atoms. The molecule has 0 aliphatic carbocycles. The highest BCUT2D eigenvalue weighted by molar-refractivity contribution is 9.10. The third kappa shape index (κ3) is 3.30.